The van der Waals surface area contributed by atoms with Gasteiger partial charge in [-0.15, -0.1) is 0 Å². The first-order valence-electron chi connectivity index (χ1n) is 10.3. The smallest absolute Gasteiger partial charge is 0.254 e. The molecule has 5 nitrogen and oxygen atoms in total. The van der Waals surface area contributed by atoms with Gasteiger partial charge in [0.1, 0.15) is 5.82 Å². The topological polar surface area (TPSA) is 52.2 Å². The zero-order chi connectivity index (χ0) is 19.8. The molecule has 3 aromatic rings. The summed E-state index contributed by atoms with van der Waals surface area (Å²) in [6.45, 7) is 5.80. The van der Waals surface area contributed by atoms with Crippen LogP contribution in [0.5, 0.6) is 0 Å². The number of likely N-dealkylation sites (tertiary alicyclic amines) is 2. The molecule has 0 aliphatic carbocycles. The van der Waals surface area contributed by atoms with Gasteiger partial charge in [-0.2, -0.15) is 0 Å². The average Bonchev–Trinajstić information content (AvgIpc) is 3.46. The van der Waals surface area contributed by atoms with Gasteiger partial charge in [-0.3, -0.25) is 9.69 Å². The van der Waals surface area contributed by atoms with Gasteiger partial charge in [0.05, 0.1) is 12.6 Å². The maximum Gasteiger partial charge on any atom is 0.254 e. The van der Waals surface area contributed by atoms with E-state index < -0.39 is 0 Å². The highest BCUT2D eigenvalue weighted by molar-refractivity contribution is 5.94. The quantitative estimate of drug-likeness (QED) is 0.744. The lowest BCUT2D eigenvalue weighted by Crippen LogP contribution is -2.36. The molecule has 1 aromatic heterocycles. The number of amides is 1. The lowest BCUT2D eigenvalue weighted by Gasteiger charge is -2.31. The number of nitrogens with one attached hydrogen (secondary N) is 1. The summed E-state index contributed by atoms with van der Waals surface area (Å²) in [6.07, 6.45) is 3.69. The Morgan fingerprint density at radius 3 is 2.62 bits per heavy atom. The highest BCUT2D eigenvalue weighted by atomic mass is 16.2. The number of benzene rings is 2. The minimum Gasteiger partial charge on any atom is -0.348 e. The number of aromatic nitrogens is 2. The summed E-state index contributed by atoms with van der Waals surface area (Å²) >= 11 is 0. The zero-order valence-corrected chi connectivity index (χ0v) is 16.7. The van der Waals surface area contributed by atoms with Crippen molar-refractivity contribution < 1.29 is 4.79 Å². The van der Waals surface area contributed by atoms with Crippen LogP contribution in [0.15, 0.2) is 67.0 Å². The van der Waals surface area contributed by atoms with E-state index in [1.807, 2.05) is 42.7 Å². The van der Waals surface area contributed by atoms with Crippen LogP contribution >= 0.6 is 0 Å². The Morgan fingerprint density at radius 1 is 1.07 bits per heavy atom. The molecular formula is C24H26N4O. The van der Waals surface area contributed by atoms with Crippen molar-refractivity contribution in [3.8, 4) is 0 Å². The first-order valence-corrected chi connectivity index (χ1v) is 10.3. The van der Waals surface area contributed by atoms with E-state index in [1.54, 1.807) is 0 Å². The number of H-pyrrole nitrogens is 1. The second-order valence-electron chi connectivity index (χ2n) is 8.28. The van der Waals surface area contributed by atoms with Gasteiger partial charge in [0.25, 0.3) is 5.91 Å². The molecule has 2 aromatic carbocycles. The van der Waals surface area contributed by atoms with Crippen molar-refractivity contribution in [2.75, 3.05) is 19.6 Å². The Balaban J connectivity index is 1.45. The molecule has 2 fully saturated rings. The molecule has 5 heteroatoms. The van der Waals surface area contributed by atoms with E-state index in [1.165, 1.54) is 11.1 Å². The fourth-order valence-electron chi connectivity index (χ4n) is 5.14. The molecule has 3 atom stereocenters. The van der Waals surface area contributed by atoms with Gasteiger partial charge in [-0.1, -0.05) is 42.5 Å². The number of carbonyl (C=O) groups excluding carboxylic acids is 1. The maximum atomic E-state index is 13.4. The molecule has 5 rings (SSSR count). The Labute approximate surface area is 171 Å². The van der Waals surface area contributed by atoms with Crippen molar-refractivity contribution in [2.24, 2.45) is 11.8 Å². The summed E-state index contributed by atoms with van der Waals surface area (Å²) in [6, 6.07) is 18.3. The zero-order valence-electron chi connectivity index (χ0n) is 16.7. The third-order valence-corrected chi connectivity index (χ3v) is 6.46. The SMILES string of the molecule is Cc1ccccc1[C@@H]1[C@H]2CN(Cc3ncc[nH]3)C[C@H]2CN1C(=O)c1ccccc1. The van der Waals surface area contributed by atoms with Crippen molar-refractivity contribution in [1.29, 1.82) is 0 Å². The van der Waals surface area contributed by atoms with Crippen LogP contribution < -0.4 is 0 Å². The maximum absolute atomic E-state index is 13.4. The molecule has 0 unspecified atom stereocenters. The molecular weight excluding hydrogens is 360 g/mol. The molecule has 148 valence electrons. The van der Waals surface area contributed by atoms with Gasteiger partial charge in [-0.05, 0) is 36.1 Å². The van der Waals surface area contributed by atoms with Gasteiger partial charge < -0.3 is 9.88 Å². The van der Waals surface area contributed by atoms with Crippen molar-refractivity contribution in [3.05, 3.63) is 89.5 Å². The average molecular weight is 386 g/mol. The van der Waals surface area contributed by atoms with Crippen LogP contribution in [-0.2, 0) is 6.54 Å². The third kappa shape index (κ3) is 3.36. The summed E-state index contributed by atoms with van der Waals surface area (Å²) in [5, 5.41) is 0. The van der Waals surface area contributed by atoms with Crippen molar-refractivity contribution in [3.63, 3.8) is 0 Å². The fourth-order valence-corrected chi connectivity index (χ4v) is 5.14. The Bertz CT molecular complexity index is 985. The molecule has 1 amide bonds. The first kappa shape index (κ1) is 18.1. The van der Waals surface area contributed by atoms with Crippen LogP contribution in [0.4, 0.5) is 0 Å². The van der Waals surface area contributed by atoms with Crippen LogP contribution in [0.3, 0.4) is 0 Å². The van der Waals surface area contributed by atoms with E-state index in [0.29, 0.717) is 11.8 Å². The molecule has 3 heterocycles. The normalized spacial score (nSPS) is 24.0. The summed E-state index contributed by atoms with van der Waals surface area (Å²) in [5.74, 6) is 2.08. The van der Waals surface area contributed by atoms with Crippen molar-refractivity contribution in [1.82, 2.24) is 19.8 Å². The number of hydrogen-bond acceptors (Lipinski definition) is 3. The Morgan fingerprint density at radius 2 is 1.86 bits per heavy atom. The van der Waals surface area contributed by atoms with E-state index in [4.69, 9.17) is 0 Å². The van der Waals surface area contributed by atoms with Crippen LogP contribution in [0.1, 0.15) is 33.4 Å². The standard InChI is InChI=1S/C24H26N4O/c1-17-7-5-6-10-20(17)23-21-15-27(16-22-25-11-12-26-22)13-19(21)14-28(23)24(29)18-8-3-2-4-9-18/h2-12,19,21,23H,13-16H2,1H3,(H,25,26)/t19-,21-,23+/m0/s1. The second kappa shape index (κ2) is 7.48. The van der Waals surface area contributed by atoms with Gasteiger partial charge >= 0.3 is 0 Å². The number of aryl methyl sites for hydroxylation is 1. The van der Waals surface area contributed by atoms with Gasteiger partial charge in [0.15, 0.2) is 0 Å². The molecule has 2 saturated heterocycles. The summed E-state index contributed by atoms with van der Waals surface area (Å²) < 4.78 is 0. The molecule has 29 heavy (non-hydrogen) atoms. The van der Waals surface area contributed by atoms with Crippen molar-refractivity contribution >= 4 is 5.91 Å². The van der Waals surface area contributed by atoms with Crippen LogP contribution in [-0.4, -0.2) is 45.3 Å². The molecule has 0 bridgehead atoms. The first-order chi connectivity index (χ1) is 14.2. The number of fused-ring (bicyclic) bond motifs is 1. The number of carbonyl (C=O) groups is 1. The minimum atomic E-state index is 0.121. The molecule has 0 radical (unpaired) electrons. The van der Waals surface area contributed by atoms with E-state index >= 15 is 0 Å². The summed E-state index contributed by atoms with van der Waals surface area (Å²) in [7, 11) is 0. The number of hydrogen-bond donors (Lipinski definition) is 1. The van der Waals surface area contributed by atoms with Gasteiger partial charge in [0.2, 0.25) is 0 Å². The second-order valence-corrected chi connectivity index (χ2v) is 8.28. The Kier molecular flexibility index (Phi) is 4.68. The van der Waals surface area contributed by atoms with Gasteiger partial charge in [0, 0.05) is 43.5 Å². The van der Waals surface area contributed by atoms with Crippen LogP contribution in [0.2, 0.25) is 0 Å². The molecule has 2 aliphatic rings. The van der Waals surface area contributed by atoms with Gasteiger partial charge in [-0.25, -0.2) is 4.98 Å². The summed E-state index contributed by atoms with van der Waals surface area (Å²) in [4.78, 5) is 25.6. The highest BCUT2D eigenvalue weighted by Crippen LogP contribution is 2.46. The van der Waals surface area contributed by atoms with Crippen LogP contribution in [0, 0.1) is 18.8 Å². The van der Waals surface area contributed by atoms with Crippen LogP contribution in [0.25, 0.3) is 0 Å². The van der Waals surface area contributed by atoms with E-state index in [-0.39, 0.29) is 11.9 Å². The third-order valence-electron chi connectivity index (χ3n) is 6.46. The molecule has 0 saturated carbocycles. The van der Waals surface area contributed by atoms with E-state index in [2.05, 4.69) is 51.0 Å². The fraction of sp³-hybridized carbons (Fsp3) is 0.333. The highest BCUT2D eigenvalue weighted by Gasteiger charge is 2.49. The predicted octanol–water partition coefficient (Wildman–Crippen LogP) is 3.66. The minimum absolute atomic E-state index is 0.121. The number of aromatic amines is 1. The monoisotopic (exact) mass is 386 g/mol. The molecule has 0 spiro atoms. The lowest BCUT2D eigenvalue weighted by molar-refractivity contribution is 0.0699. The lowest BCUT2D eigenvalue weighted by atomic mass is 9.87. The number of imidazole rings is 1. The molecule has 2 aliphatic heterocycles. The van der Waals surface area contributed by atoms with Crippen molar-refractivity contribution in [2.45, 2.75) is 19.5 Å². The summed E-state index contributed by atoms with van der Waals surface area (Å²) in [5.41, 5.74) is 3.32. The van der Waals surface area contributed by atoms with E-state index in [9.17, 15) is 4.79 Å². The van der Waals surface area contributed by atoms with E-state index in [0.717, 1.165) is 37.6 Å². The Hall–Kier alpha value is -2.92. The number of rotatable bonds is 4. The largest absolute Gasteiger partial charge is 0.348 e. The molecule has 1 N–H and O–H groups in total. The number of nitrogens with zero attached hydrogens (tertiary/aromatic N) is 3. The predicted molar refractivity (Wildman–Crippen MR) is 112 cm³/mol.